The first-order chi connectivity index (χ1) is 6.95. The molecule has 0 fully saturated rings. The summed E-state index contributed by atoms with van der Waals surface area (Å²) in [6.07, 6.45) is 5.31. The van der Waals surface area contributed by atoms with Gasteiger partial charge in [0.05, 0.1) is 5.60 Å². The van der Waals surface area contributed by atoms with Crippen LogP contribution in [0.3, 0.4) is 0 Å². The molecule has 0 amide bonds. The van der Waals surface area contributed by atoms with E-state index in [1.54, 1.807) is 0 Å². The molecule has 0 bridgehead atoms. The molecule has 2 N–H and O–H groups in total. The lowest BCUT2D eigenvalue weighted by Crippen LogP contribution is -2.44. The summed E-state index contributed by atoms with van der Waals surface area (Å²) in [7, 11) is 0. The largest absolute Gasteiger partial charge is 0.389 e. The molecule has 0 heterocycles. The van der Waals surface area contributed by atoms with E-state index in [1.807, 2.05) is 25.6 Å². The van der Waals surface area contributed by atoms with Crippen LogP contribution in [-0.4, -0.2) is 34.8 Å². The summed E-state index contributed by atoms with van der Waals surface area (Å²) in [5.41, 5.74) is -0.564. The Morgan fingerprint density at radius 1 is 1.07 bits per heavy atom. The topological polar surface area (TPSA) is 32.3 Å². The molecule has 0 saturated carbocycles. The van der Waals surface area contributed by atoms with E-state index in [1.165, 1.54) is 12.8 Å². The molecule has 0 aliphatic heterocycles. The summed E-state index contributed by atoms with van der Waals surface area (Å²) in [6.45, 7) is 10.0. The van der Waals surface area contributed by atoms with Crippen molar-refractivity contribution < 1.29 is 5.11 Å². The van der Waals surface area contributed by atoms with Crippen molar-refractivity contribution in [2.24, 2.45) is 0 Å². The Morgan fingerprint density at radius 2 is 1.60 bits per heavy atom. The zero-order valence-electron chi connectivity index (χ0n) is 10.9. The van der Waals surface area contributed by atoms with Gasteiger partial charge in [-0.1, -0.05) is 20.8 Å². The maximum absolute atomic E-state index is 9.87. The van der Waals surface area contributed by atoms with Crippen molar-refractivity contribution in [1.82, 2.24) is 5.32 Å². The minimum atomic E-state index is -0.564. The second kappa shape index (κ2) is 6.77. The van der Waals surface area contributed by atoms with Gasteiger partial charge >= 0.3 is 0 Å². The van der Waals surface area contributed by atoms with Gasteiger partial charge in [0.25, 0.3) is 0 Å². The monoisotopic (exact) mass is 233 g/mol. The molecular formula is C12H27NOS. The summed E-state index contributed by atoms with van der Waals surface area (Å²) >= 11 is 1.93. The van der Waals surface area contributed by atoms with E-state index >= 15 is 0 Å². The number of hydrogen-bond acceptors (Lipinski definition) is 3. The van der Waals surface area contributed by atoms with Crippen LogP contribution in [0.1, 0.15) is 47.0 Å². The second-order valence-corrected chi connectivity index (χ2v) is 5.82. The summed E-state index contributed by atoms with van der Waals surface area (Å²) in [4.78, 5) is 0. The van der Waals surface area contributed by atoms with Crippen LogP contribution in [0, 0.1) is 0 Å². The first-order valence-electron chi connectivity index (χ1n) is 5.93. The highest BCUT2D eigenvalue weighted by Crippen LogP contribution is 2.29. The number of hydrogen-bond donors (Lipinski definition) is 2. The number of rotatable bonds is 8. The highest BCUT2D eigenvalue weighted by atomic mass is 32.2. The number of nitrogens with one attached hydrogen (secondary N) is 1. The van der Waals surface area contributed by atoms with Gasteiger partial charge in [-0.2, -0.15) is 11.8 Å². The van der Waals surface area contributed by atoms with Crippen LogP contribution < -0.4 is 5.32 Å². The number of aliphatic hydroxyl groups is 1. The third kappa shape index (κ3) is 5.23. The van der Waals surface area contributed by atoms with Crippen LogP contribution in [0.5, 0.6) is 0 Å². The summed E-state index contributed by atoms with van der Waals surface area (Å²) in [5, 5.41) is 13.3. The van der Waals surface area contributed by atoms with Gasteiger partial charge in [0, 0.05) is 17.8 Å². The molecule has 0 aromatic carbocycles. The van der Waals surface area contributed by atoms with Gasteiger partial charge < -0.3 is 10.4 Å². The number of thioether (sulfide) groups is 1. The van der Waals surface area contributed by atoms with Gasteiger partial charge in [-0.05, 0) is 32.4 Å². The molecule has 92 valence electrons. The molecule has 0 radical (unpaired) electrons. The van der Waals surface area contributed by atoms with E-state index in [0.717, 1.165) is 13.0 Å². The van der Waals surface area contributed by atoms with E-state index in [4.69, 9.17) is 0 Å². The Morgan fingerprint density at radius 3 is 1.93 bits per heavy atom. The second-order valence-electron chi connectivity index (χ2n) is 4.55. The Kier molecular flexibility index (Phi) is 6.89. The maximum Gasteiger partial charge on any atom is 0.0740 e. The van der Waals surface area contributed by atoms with Gasteiger partial charge in [-0.15, -0.1) is 0 Å². The molecule has 0 aromatic heterocycles. The van der Waals surface area contributed by atoms with Crippen LogP contribution in [0.25, 0.3) is 0 Å². The van der Waals surface area contributed by atoms with Crippen molar-refractivity contribution >= 4 is 11.8 Å². The Balaban J connectivity index is 4.02. The lowest BCUT2D eigenvalue weighted by atomic mass is 10.0. The molecule has 1 atom stereocenters. The minimum absolute atomic E-state index is 0.337. The Hall–Kier alpha value is 0.270. The molecule has 0 aliphatic carbocycles. The average molecular weight is 233 g/mol. The smallest absolute Gasteiger partial charge is 0.0740 e. The van der Waals surface area contributed by atoms with Crippen LogP contribution >= 0.6 is 11.8 Å². The molecule has 0 rings (SSSR count). The maximum atomic E-state index is 9.87. The normalized spacial score (nSPS) is 16.4. The Labute approximate surface area is 99.2 Å². The van der Waals surface area contributed by atoms with E-state index in [-0.39, 0.29) is 0 Å². The van der Waals surface area contributed by atoms with Gasteiger partial charge in [-0.3, -0.25) is 0 Å². The molecule has 15 heavy (non-hydrogen) atoms. The average Bonchev–Trinajstić information content (AvgIpc) is 2.25. The van der Waals surface area contributed by atoms with Crippen molar-refractivity contribution in [3.8, 4) is 0 Å². The van der Waals surface area contributed by atoms with E-state index < -0.39 is 5.60 Å². The third-order valence-electron chi connectivity index (χ3n) is 3.44. The van der Waals surface area contributed by atoms with Crippen molar-refractivity contribution in [1.29, 1.82) is 0 Å². The zero-order chi connectivity index (χ0) is 11.9. The predicted octanol–water partition coefficient (Wildman–Crippen LogP) is 2.66. The van der Waals surface area contributed by atoms with Crippen LogP contribution in [0.15, 0.2) is 0 Å². The summed E-state index contributed by atoms with van der Waals surface area (Å²) < 4.78 is 0.337. The quantitative estimate of drug-likeness (QED) is 0.676. The molecule has 1 unspecified atom stereocenters. The van der Waals surface area contributed by atoms with Gasteiger partial charge in [0.1, 0.15) is 0 Å². The van der Waals surface area contributed by atoms with Gasteiger partial charge in [0.15, 0.2) is 0 Å². The van der Waals surface area contributed by atoms with Crippen LogP contribution in [0.4, 0.5) is 0 Å². The molecule has 3 heteroatoms. The Bertz CT molecular complexity index is 159. The van der Waals surface area contributed by atoms with Crippen molar-refractivity contribution in [3.05, 3.63) is 0 Å². The molecular weight excluding hydrogens is 206 g/mol. The fraction of sp³-hybridized carbons (Fsp3) is 1.00. The first-order valence-corrected chi connectivity index (χ1v) is 7.16. The fourth-order valence-electron chi connectivity index (χ4n) is 1.55. The van der Waals surface area contributed by atoms with E-state index in [0.29, 0.717) is 11.3 Å². The fourth-order valence-corrected chi connectivity index (χ4v) is 2.37. The van der Waals surface area contributed by atoms with Crippen LogP contribution in [-0.2, 0) is 0 Å². The molecule has 0 aliphatic rings. The first kappa shape index (κ1) is 15.3. The summed E-state index contributed by atoms with van der Waals surface area (Å²) in [5.74, 6) is 0. The predicted molar refractivity (Wildman–Crippen MR) is 70.6 cm³/mol. The standard InChI is InChI=1S/C12H27NOS/c1-6-11(4,14)9-13-10-12(7-2,8-3)15-5/h13-14H,6-10H2,1-5H3. The molecule has 2 nitrogen and oxygen atoms in total. The third-order valence-corrected chi connectivity index (χ3v) is 5.02. The zero-order valence-corrected chi connectivity index (χ0v) is 11.7. The van der Waals surface area contributed by atoms with Gasteiger partial charge in [-0.25, -0.2) is 0 Å². The van der Waals surface area contributed by atoms with Crippen molar-refractivity contribution in [3.63, 3.8) is 0 Å². The molecule has 0 spiro atoms. The SMILES string of the molecule is CCC(C)(O)CNCC(CC)(CC)SC. The van der Waals surface area contributed by atoms with E-state index in [2.05, 4.69) is 25.4 Å². The van der Waals surface area contributed by atoms with E-state index in [9.17, 15) is 5.11 Å². The van der Waals surface area contributed by atoms with Crippen LogP contribution in [0.2, 0.25) is 0 Å². The highest BCUT2D eigenvalue weighted by Gasteiger charge is 2.25. The molecule has 0 saturated heterocycles. The summed E-state index contributed by atoms with van der Waals surface area (Å²) in [6, 6.07) is 0. The highest BCUT2D eigenvalue weighted by molar-refractivity contribution is 8.00. The van der Waals surface area contributed by atoms with Crippen molar-refractivity contribution in [2.75, 3.05) is 19.3 Å². The molecule has 0 aromatic rings. The minimum Gasteiger partial charge on any atom is -0.389 e. The lowest BCUT2D eigenvalue weighted by Gasteiger charge is -2.32. The lowest BCUT2D eigenvalue weighted by molar-refractivity contribution is 0.0553. The van der Waals surface area contributed by atoms with Crippen molar-refractivity contribution in [2.45, 2.75) is 57.3 Å². The van der Waals surface area contributed by atoms with Gasteiger partial charge in [0.2, 0.25) is 0 Å².